The summed E-state index contributed by atoms with van der Waals surface area (Å²) in [4.78, 5) is 32.1. The number of likely N-dealkylation sites (N-methyl/N-ethyl adjacent to an activating group) is 1. The third-order valence-electron chi connectivity index (χ3n) is 9.22. The fourth-order valence-electron chi connectivity index (χ4n) is 6.68. The molecule has 2 fully saturated rings. The molecule has 0 unspecified atom stereocenters. The normalized spacial score (nSPS) is 18.9. The molecule has 14 heteroatoms. The summed E-state index contributed by atoms with van der Waals surface area (Å²) in [5, 5.41) is 20.1. The molecular formula is C34H33F2N9O2S. The highest BCUT2D eigenvalue weighted by Crippen LogP contribution is 2.38. The Morgan fingerprint density at radius 3 is 2.83 bits per heavy atom. The number of hydrogen-bond donors (Lipinski definition) is 1. The summed E-state index contributed by atoms with van der Waals surface area (Å²) in [5.41, 5.74) is 2.86. The first-order valence-electron chi connectivity index (χ1n) is 15.8. The molecule has 5 aromatic rings. The van der Waals surface area contributed by atoms with Gasteiger partial charge in [0, 0.05) is 59.7 Å². The maximum atomic E-state index is 16.8. The number of aromatic nitrogens is 5. The number of aryl methyl sites for hydroxylation is 1. The molecule has 7 rings (SSSR count). The highest BCUT2D eigenvalue weighted by molar-refractivity contribution is 7.10. The second-order valence-corrected chi connectivity index (χ2v) is 13.1. The van der Waals surface area contributed by atoms with Gasteiger partial charge in [0.25, 0.3) is 5.91 Å². The van der Waals surface area contributed by atoms with Crippen molar-refractivity contribution in [1.82, 2.24) is 34.9 Å². The maximum Gasteiger partial charge on any atom is 0.319 e. The maximum absolute atomic E-state index is 16.8. The number of amides is 1. The number of halogens is 2. The Morgan fingerprint density at radius 2 is 2.06 bits per heavy atom. The van der Waals surface area contributed by atoms with Gasteiger partial charge >= 0.3 is 6.01 Å². The van der Waals surface area contributed by atoms with Gasteiger partial charge in [0.2, 0.25) is 0 Å². The number of nitrogens with zero attached hydrogens (tertiary/aromatic N) is 8. The summed E-state index contributed by atoms with van der Waals surface area (Å²) in [6, 6.07) is 9.07. The molecular weight excluding hydrogens is 636 g/mol. The van der Waals surface area contributed by atoms with Crippen molar-refractivity contribution in [1.29, 1.82) is 5.26 Å². The molecule has 2 aliphatic heterocycles. The third-order valence-corrected chi connectivity index (χ3v) is 9.94. The lowest BCUT2D eigenvalue weighted by molar-refractivity contribution is -0.131. The number of carbonyl (C=O) groups excluding carboxylic acids is 1. The Bertz CT molecular complexity index is 2060. The van der Waals surface area contributed by atoms with Crippen molar-refractivity contribution in [2.75, 3.05) is 44.7 Å². The molecule has 246 valence electrons. The lowest BCUT2D eigenvalue weighted by Crippen LogP contribution is -2.55. The van der Waals surface area contributed by atoms with Gasteiger partial charge in [-0.1, -0.05) is 12.1 Å². The highest BCUT2D eigenvalue weighted by atomic mass is 32.1. The van der Waals surface area contributed by atoms with Crippen LogP contribution in [0.2, 0.25) is 0 Å². The van der Waals surface area contributed by atoms with E-state index >= 15 is 8.78 Å². The van der Waals surface area contributed by atoms with Crippen LogP contribution in [-0.2, 0) is 4.79 Å². The van der Waals surface area contributed by atoms with Crippen molar-refractivity contribution < 1.29 is 18.3 Å². The molecule has 0 bridgehead atoms. The van der Waals surface area contributed by atoms with Gasteiger partial charge in [-0.05, 0) is 56.6 Å². The van der Waals surface area contributed by atoms with E-state index in [9.17, 15) is 10.1 Å². The predicted octanol–water partition coefficient (Wildman–Crippen LogP) is 5.49. The van der Waals surface area contributed by atoms with Crippen LogP contribution in [0, 0.1) is 24.1 Å². The fraction of sp³-hybridized carbons (Fsp3) is 0.353. The second kappa shape index (κ2) is 13.2. The third kappa shape index (κ3) is 5.95. The number of anilines is 1. The lowest BCUT2D eigenvalue weighted by Gasteiger charge is -2.41. The lowest BCUT2D eigenvalue weighted by atomic mass is 9.95. The predicted molar refractivity (Wildman–Crippen MR) is 180 cm³/mol. The molecule has 5 heterocycles. The van der Waals surface area contributed by atoms with Crippen molar-refractivity contribution in [3.8, 4) is 23.2 Å². The first kappa shape index (κ1) is 31.6. The molecule has 2 saturated heterocycles. The molecule has 0 aliphatic carbocycles. The van der Waals surface area contributed by atoms with Gasteiger partial charge in [0.05, 0.1) is 30.2 Å². The smallest absolute Gasteiger partial charge is 0.319 e. The largest absolute Gasteiger partial charge is 0.462 e. The van der Waals surface area contributed by atoms with Crippen LogP contribution in [0.5, 0.6) is 6.01 Å². The van der Waals surface area contributed by atoms with Crippen LogP contribution in [0.1, 0.15) is 29.8 Å². The number of ether oxygens (including phenoxy) is 1. The summed E-state index contributed by atoms with van der Waals surface area (Å²) >= 11 is 1.22. The van der Waals surface area contributed by atoms with Crippen molar-refractivity contribution in [3.05, 3.63) is 64.3 Å². The van der Waals surface area contributed by atoms with E-state index in [4.69, 9.17) is 9.72 Å². The summed E-state index contributed by atoms with van der Waals surface area (Å²) in [6.45, 7) is 3.82. The van der Waals surface area contributed by atoms with Gasteiger partial charge in [0.15, 0.2) is 11.6 Å². The summed E-state index contributed by atoms with van der Waals surface area (Å²) < 4.78 is 38.0. The van der Waals surface area contributed by atoms with E-state index in [-0.39, 0.29) is 43.6 Å². The number of nitrogens with one attached hydrogen (secondary N) is 1. The SMILES string of the molecule is Cc1ccc2[nH]ncc2c1-c1ccc2c(N3CCN(C(=O)/C(F)=C/c4nccs4)[C@@H](CC#N)C3)nc(OC[C@@H]3CCCN3C)nc2c1F. The number of aromatic amines is 1. The molecule has 11 nitrogen and oxygen atoms in total. The monoisotopic (exact) mass is 669 g/mol. The van der Waals surface area contributed by atoms with Gasteiger partial charge < -0.3 is 19.4 Å². The van der Waals surface area contributed by atoms with E-state index in [0.29, 0.717) is 33.9 Å². The van der Waals surface area contributed by atoms with E-state index in [1.165, 1.54) is 22.4 Å². The number of benzene rings is 2. The average Bonchev–Trinajstić information content (AvgIpc) is 3.87. The molecule has 2 aliphatic rings. The first-order valence-corrected chi connectivity index (χ1v) is 16.7. The van der Waals surface area contributed by atoms with Crippen LogP contribution in [0.4, 0.5) is 14.6 Å². The van der Waals surface area contributed by atoms with Crippen LogP contribution in [0.15, 0.2) is 47.9 Å². The van der Waals surface area contributed by atoms with E-state index in [1.807, 2.05) is 31.0 Å². The number of likely N-dealkylation sites (tertiary alicyclic amines) is 1. The molecule has 0 radical (unpaired) electrons. The molecule has 1 amide bonds. The first-order chi connectivity index (χ1) is 23.3. The Kier molecular flexibility index (Phi) is 8.72. The number of nitriles is 1. The zero-order chi connectivity index (χ0) is 33.4. The topological polar surface area (TPSA) is 127 Å². The number of H-pyrrole nitrogens is 1. The van der Waals surface area contributed by atoms with Gasteiger partial charge in [0.1, 0.15) is 22.9 Å². The van der Waals surface area contributed by atoms with Gasteiger partial charge in [-0.2, -0.15) is 20.3 Å². The van der Waals surface area contributed by atoms with Crippen molar-refractivity contribution >= 4 is 50.9 Å². The van der Waals surface area contributed by atoms with E-state index in [2.05, 4.69) is 31.1 Å². The summed E-state index contributed by atoms with van der Waals surface area (Å²) in [7, 11) is 2.05. The molecule has 48 heavy (non-hydrogen) atoms. The van der Waals surface area contributed by atoms with E-state index < -0.39 is 23.6 Å². The van der Waals surface area contributed by atoms with Crippen molar-refractivity contribution in [3.63, 3.8) is 0 Å². The van der Waals surface area contributed by atoms with Crippen molar-refractivity contribution in [2.45, 2.75) is 38.3 Å². The molecule has 2 aromatic carbocycles. The fourth-order valence-corrected chi connectivity index (χ4v) is 7.23. The Morgan fingerprint density at radius 1 is 1.19 bits per heavy atom. The van der Waals surface area contributed by atoms with E-state index in [0.717, 1.165) is 41.9 Å². The Hall–Kier alpha value is -5.00. The Balaban J connectivity index is 1.27. The molecule has 0 saturated carbocycles. The average molecular weight is 670 g/mol. The van der Waals surface area contributed by atoms with Gasteiger partial charge in [-0.25, -0.2) is 13.8 Å². The van der Waals surface area contributed by atoms with Crippen LogP contribution < -0.4 is 9.64 Å². The minimum Gasteiger partial charge on any atom is -0.462 e. The number of fused-ring (bicyclic) bond motifs is 2. The minimum absolute atomic E-state index is 0.0281. The Labute approximate surface area is 279 Å². The molecule has 1 N–H and O–H groups in total. The van der Waals surface area contributed by atoms with Gasteiger partial charge in [-0.3, -0.25) is 9.89 Å². The van der Waals surface area contributed by atoms with Crippen LogP contribution >= 0.6 is 11.3 Å². The van der Waals surface area contributed by atoms with Crippen LogP contribution in [0.25, 0.3) is 39.0 Å². The van der Waals surface area contributed by atoms with Gasteiger partial charge in [-0.15, -0.1) is 11.3 Å². The number of rotatable bonds is 8. The summed E-state index contributed by atoms with van der Waals surface area (Å²) in [5.74, 6) is -1.85. The number of piperazine rings is 1. The van der Waals surface area contributed by atoms with Crippen LogP contribution in [-0.4, -0.2) is 92.8 Å². The van der Waals surface area contributed by atoms with Crippen LogP contribution in [0.3, 0.4) is 0 Å². The van der Waals surface area contributed by atoms with Crippen molar-refractivity contribution in [2.24, 2.45) is 0 Å². The zero-order valence-corrected chi connectivity index (χ0v) is 27.3. The quantitative estimate of drug-likeness (QED) is 0.213. The molecule has 2 atom stereocenters. The number of carbonyl (C=O) groups is 1. The summed E-state index contributed by atoms with van der Waals surface area (Å²) in [6.07, 6.45) is 6.34. The van der Waals surface area contributed by atoms with E-state index in [1.54, 1.807) is 23.7 Å². The highest BCUT2D eigenvalue weighted by Gasteiger charge is 2.34. The minimum atomic E-state index is -0.945. The standard InChI is InChI=1S/C34H33F2N9O2S/c1-20-5-8-27-25(17-39-42-27)29(20)23-6-7-24-31(30(23)36)40-34(47-19-22-4-3-12-43(22)2)41-32(24)44-13-14-45(21(18-44)9-10-37)33(46)26(35)16-28-38-11-15-48-28/h5-8,11,15-17,21-22H,3-4,9,12-14,18-19H2,1-2H3,(H,39,42)/b26-16-/t21-,22-/m0/s1. The number of thiazole rings is 1. The zero-order valence-electron chi connectivity index (χ0n) is 26.5. The molecule has 0 spiro atoms. The second-order valence-electron chi connectivity index (χ2n) is 12.2. The number of hydrogen-bond acceptors (Lipinski definition) is 10. The molecule has 3 aromatic heterocycles.